The molecular formula is C14H9F3O2. The molecule has 0 heterocycles. The van der Waals surface area contributed by atoms with Gasteiger partial charge in [-0.25, -0.2) is 13.2 Å². The highest BCUT2D eigenvalue weighted by atomic mass is 19.1. The fraction of sp³-hybridized carbons (Fsp3) is 0.0714. The van der Waals surface area contributed by atoms with Crippen LogP contribution in [0.15, 0.2) is 42.5 Å². The molecule has 0 unspecified atom stereocenters. The lowest BCUT2D eigenvalue weighted by Gasteiger charge is -2.06. The van der Waals surface area contributed by atoms with Crippen LogP contribution in [0.1, 0.15) is 10.4 Å². The summed E-state index contributed by atoms with van der Waals surface area (Å²) in [4.78, 5) is 11.7. The van der Waals surface area contributed by atoms with Gasteiger partial charge >= 0.3 is 0 Å². The number of carbonyl (C=O) groups excluding carboxylic acids is 1. The van der Waals surface area contributed by atoms with Gasteiger partial charge in [0.1, 0.15) is 23.2 Å². The number of hydrogen-bond acceptors (Lipinski definition) is 2. The van der Waals surface area contributed by atoms with Gasteiger partial charge in [0.15, 0.2) is 6.61 Å². The van der Waals surface area contributed by atoms with Gasteiger partial charge in [0.25, 0.3) is 0 Å². The van der Waals surface area contributed by atoms with Crippen molar-refractivity contribution in [2.75, 3.05) is 6.61 Å². The summed E-state index contributed by atoms with van der Waals surface area (Å²) in [7, 11) is 0. The normalized spacial score (nSPS) is 10.3. The first-order chi connectivity index (χ1) is 9.06. The average Bonchev–Trinajstić information content (AvgIpc) is 2.40. The highest BCUT2D eigenvalue weighted by Gasteiger charge is 2.13. The predicted octanol–water partition coefficient (Wildman–Crippen LogP) is 3.37. The maximum Gasteiger partial charge on any atom is 0.203 e. The summed E-state index contributed by atoms with van der Waals surface area (Å²) in [6.45, 7) is -0.452. The molecule has 0 N–H and O–H groups in total. The first kappa shape index (κ1) is 13.1. The molecule has 19 heavy (non-hydrogen) atoms. The second kappa shape index (κ2) is 5.56. The van der Waals surface area contributed by atoms with Crippen molar-refractivity contribution in [3.8, 4) is 5.75 Å². The summed E-state index contributed by atoms with van der Waals surface area (Å²) in [6, 6.07) is 7.62. The monoisotopic (exact) mass is 266 g/mol. The predicted molar refractivity (Wildman–Crippen MR) is 62.6 cm³/mol. The van der Waals surface area contributed by atoms with Crippen molar-refractivity contribution in [2.45, 2.75) is 0 Å². The minimum absolute atomic E-state index is 0.270. The Labute approximate surface area is 107 Å². The van der Waals surface area contributed by atoms with E-state index in [1.807, 2.05) is 0 Å². The highest BCUT2D eigenvalue weighted by molar-refractivity contribution is 5.97. The number of benzene rings is 2. The van der Waals surface area contributed by atoms with Crippen LogP contribution in [0.25, 0.3) is 0 Å². The van der Waals surface area contributed by atoms with E-state index in [1.54, 1.807) is 0 Å². The quantitative estimate of drug-likeness (QED) is 0.793. The number of ether oxygens (including phenoxy) is 1. The second-order valence-electron chi connectivity index (χ2n) is 3.79. The summed E-state index contributed by atoms with van der Waals surface area (Å²) in [6.07, 6.45) is 0. The lowest BCUT2D eigenvalue weighted by Crippen LogP contribution is -2.13. The number of carbonyl (C=O) groups is 1. The van der Waals surface area contributed by atoms with Crippen molar-refractivity contribution in [1.82, 2.24) is 0 Å². The van der Waals surface area contributed by atoms with Gasteiger partial charge in [0.05, 0.1) is 5.56 Å². The van der Waals surface area contributed by atoms with Crippen LogP contribution in [0.2, 0.25) is 0 Å². The zero-order chi connectivity index (χ0) is 13.8. The van der Waals surface area contributed by atoms with Crippen LogP contribution in [-0.2, 0) is 0 Å². The van der Waals surface area contributed by atoms with E-state index >= 15 is 0 Å². The molecule has 0 saturated heterocycles. The van der Waals surface area contributed by atoms with Gasteiger partial charge in [-0.1, -0.05) is 0 Å². The third-order valence-corrected chi connectivity index (χ3v) is 2.41. The zero-order valence-corrected chi connectivity index (χ0v) is 9.70. The zero-order valence-electron chi connectivity index (χ0n) is 9.70. The molecule has 2 aromatic carbocycles. The topological polar surface area (TPSA) is 26.3 Å². The van der Waals surface area contributed by atoms with E-state index in [1.165, 1.54) is 24.3 Å². The molecule has 0 aliphatic heterocycles. The van der Waals surface area contributed by atoms with Crippen molar-refractivity contribution in [1.29, 1.82) is 0 Å². The summed E-state index contributed by atoms with van der Waals surface area (Å²) in [5, 5.41) is 0. The molecule has 0 aliphatic carbocycles. The standard InChI is InChI=1S/C14H9F3O2/c15-9-1-4-11(5-2-9)19-8-14(18)12-7-10(16)3-6-13(12)17/h1-7H,8H2. The molecule has 0 aromatic heterocycles. The van der Waals surface area contributed by atoms with E-state index in [0.29, 0.717) is 0 Å². The molecule has 0 radical (unpaired) electrons. The largest absolute Gasteiger partial charge is 0.485 e. The van der Waals surface area contributed by atoms with Crippen LogP contribution in [-0.4, -0.2) is 12.4 Å². The summed E-state index contributed by atoms with van der Waals surface area (Å²) in [5.74, 6) is -2.37. The highest BCUT2D eigenvalue weighted by Crippen LogP contribution is 2.14. The first-order valence-corrected chi connectivity index (χ1v) is 5.43. The van der Waals surface area contributed by atoms with E-state index < -0.39 is 29.8 Å². The first-order valence-electron chi connectivity index (χ1n) is 5.43. The number of rotatable bonds is 4. The van der Waals surface area contributed by atoms with Crippen molar-refractivity contribution in [3.63, 3.8) is 0 Å². The molecule has 2 nitrogen and oxygen atoms in total. The Morgan fingerprint density at radius 1 is 0.947 bits per heavy atom. The molecular weight excluding hydrogens is 257 g/mol. The summed E-state index contributed by atoms with van der Waals surface area (Å²) >= 11 is 0. The molecule has 98 valence electrons. The molecule has 2 aromatic rings. The Balaban J connectivity index is 2.05. The Hall–Kier alpha value is -2.30. The molecule has 0 saturated carbocycles. The molecule has 0 amide bonds. The van der Waals surface area contributed by atoms with Gasteiger partial charge in [-0.15, -0.1) is 0 Å². The lowest BCUT2D eigenvalue weighted by molar-refractivity contribution is 0.0917. The smallest absolute Gasteiger partial charge is 0.203 e. The molecule has 2 rings (SSSR count). The van der Waals surface area contributed by atoms with Crippen molar-refractivity contribution in [2.24, 2.45) is 0 Å². The molecule has 0 spiro atoms. The van der Waals surface area contributed by atoms with Crippen LogP contribution in [0, 0.1) is 17.5 Å². The maximum absolute atomic E-state index is 13.3. The van der Waals surface area contributed by atoms with Crippen LogP contribution in [0.4, 0.5) is 13.2 Å². The van der Waals surface area contributed by atoms with E-state index in [-0.39, 0.29) is 11.3 Å². The van der Waals surface area contributed by atoms with Crippen LogP contribution in [0.3, 0.4) is 0 Å². The fourth-order valence-corrected chi connectivity index (χ4v) is 1.47. The van der Waals surface area contributed by atoms with Gasteiger partial charge < -0.3 is 4.74 Å². The lowest BCUT2D eigenvalue weighted by atomic mass is 10.1. The number of hydrogen-bond donors (Lipinski definition) is 0. The van der Waals surface area contributed by atoms with Gasteiger partial charge in [0.2, 0.25) is 5.78 Å². The van der Waals surface area contributed by atoms with Crippen molar-refractivity contribution in [3.05, 3.63) is 65.5 Å². The van der Waals surface area contributed by atoms with Crippen LogP contribution >= 0.6 is 0 Å². The molecule has 0 atom stereocenters. The number of halogens is 3. The Kier molecular flexibility index (Phi) is 3.85. The van der Waals surface area contributed by atoms with Crippen molar-refractivity contribution >= 4 is 5.78 Å². The molecule has 0 fully saturated rings. The summed E-state index contributed by atoms with van der Waals surface area (Å²) < 4.78 is 43.9. The average molecular weight is 266 g/mol. The molecule has 0 bridgehead atoms. The van der Waals surface area contributed by atoms with E-state index in [0.717, 1.165) is 18.2 Å². The van der Waals surface area contributed by atoms with Gasteiger partial charge in [-0.3, -0.25) is 4.79 Å². The fourth-order valence-electron chi connectivity index (χ4n) is 1.47. The van der Waals surface area contributed by atoms with Gasteiger partial charge in [-0.2, -0.15) is 0 Å². The summed E-state index contributed by atoms with van der Waals surface area (Å²) in [5.41, 5.74) is -0.373. The van der Waals surface area contributed by atoms with E-state index in [9.17, 15) is 18.0 Å². The minimum atomic E-state index is -0.811. The Morgan fingerprint density at radius 2 is 1.58 bits per heavy atom. The van der Waals surface area contributed by atoms with E-state index in [2.05, 4.69) is 0 Å². The van der Waals surface area contributed by atoms with Crippen LogP contribution in [0.5, 0.6) is 5.75 Å². The minimum Gasteiger partial charge on any atom is -0.485 e. The third-order valence-electron chi connectivity index (χ3n) is 2.41. The molecule has 5 heteroatoms. The van der Waals surface area contributed by atoms with Gasteiger partial charge in [-0.05, 0) is 42.5 Å². The SMILES string of the molecule is O=C(COc1ccc(F)cc1)c1cc(F)ccc1F. The Bertz CT molecular complexity index is 594. The maximum atomic E-state index is 13.3. The number of Topliss-reactive ketones (excluding diaryl/α,β-unsaturated/α-hetero) is 1. The van der Waals surface area contributed by atoms with E-state index in [4.69, 9.17) is 4.74 Å². The van der Waals surface area contributed by atoms with Crippen LogP contribution < -0.4 is 4.74 Å². The molecule has 0 aliphatic rings. The second-order valence-corrected chi connectivity index (χ2v) is 3.79. The third kappa shape index (κ3) is 3.34. The number of ketones is 1. The van der Waals surface area contributed by atoms with Crippen molar-refractivity contribution < 1.29 is 22.7 Å². The Morgan fingerprint density at radius 3 is 2.26 bits per heavy atom. The van der Waals surface area contributed by atoms with Gasteiger partial charge in [0, 0.05) is 0 Å².